The molecule has 5 heteroatoms. The summed E-state index contributed by atoms with van der Waals surface area (Å²) >= 11 is 2.11. The molecule has 2 aromatic carbocycles. The summed E-state index contributed by atoms with van der Waals surface area (Å²) in [7, 11) is 1.65. The number of benzene rings is 2. The van der Waals surface area contributed by atoms with Gasteiger partial charge in [0.25, 0.3) is 0 Å². The number of carbonyl (C=O) groups excluding carboxylic acids is 1. The highest BCUT2D eigenvalue weighted by atomic mass is 127. The van der Waals surface area contributed by atoms with Crippen molar-refractivity contribution in [3.05, 3.63) is 62.7 Å². The van der Waals surface area contributed by atoms with Gasteiger partial charge in [0.05, 0.1) is 18.4 Å². The molecule has 0 saturated carbocycles. The summed E-state index contributed by atoms with van der Waals surface area (Å²) in [4.78, 5) is 17.2. The third kappa shape index (κ3) is 2.99. The van der Waals surface area contributed by atoms with Gasteiger partial charge in [-0.15, -0.1) is 0 Å². The molecule has 0 aliphatic heterocycles. The number of aryl methyl sites for hydroxylation is 1. The number of hydrogen-bond acceptors (Lipinski definition) is 4. The van der Waals surface area contributed by atoms with Crippen molar-refractivity contribution in [3.8, 4) is 5.75 Å². The third-order valence-electron chi connectivity index (χ3n) is 3.59. The summed E-state index contributed by atoms with van der Waals surface area (Å²) in [5.41, 5.74) is 3.53. The molecule has 2 aromatic rings. The van der Waals surface area contributed by atoms with Crippen molar-refractivity contribution in [2.45, 2.75) is 12.8 Å². The highest BCUT2D eigenvalue weighted by Crippen LogP contribution is 2.27. The average Bonchev–Trinajstić information content (AvgIpc) is 2.95. The number of nitrogens with zero attached hydrogens (tertiary/aromatic N) is 1. The Morgan fingerprint density at radius 3 is 2.77 bits per heavy atom. The molecule has 1 aliphatic carbocycles. The van der Waals surface area contributed by atoms with Crippen molar-refractivity contribution in [3.63, 3.8) is 0 Å². The van der Waals surface area contributed by atoms with Gasteiger partial charge in [-0.3, -0.25) is 0 Å². The van der Waals surface area contributed by atoms with Crippen LogP contribution in [0.3, 0.4) is 0 Å². The second-order valence-corrected chi connectivity index (χ2v) is 6.08. The Kier molecular flexibility index (Phi) is 4.42. The number of fused-ring (bicyclic) bond motifs is 1. The Labute approximate surface area is 142 Å². The van der Waals surface area contributed by atoms with E-state index in [-0.39, 0.29) is 0 Å². The lowest BCUT2D eigenvalue weighted by atomic mass is 10.1. The fourth-order valence-electron chi connectivity index (χ4n) is 2.44. The predicted molar refractivity (Wildman–Crippen MR) is 92.4 cm³/mol. The molecule has 112 valence electrons. The maximum Gasteiger partial charge on any atom is 0.366 e. The molecule has 0 bridgehead atoms. The molecule has 0 amide bonds. The van der Waals surface area contributed by atoms with Gasteiger partial charge >= 0.3 is 5.97 Å². The number of hydrogen-bond donors (Lipinski definition) is 0. The van der Waals surface area contributed by atoms with Gasteiger partial charge in [0.2, 0.25) is 0 Å². The minimum Gasteiger partial charge on any atom is -0.497 e. The van der Waals surface area contributed by atoms with Gasteiger partial charge in [-0.2, -0.15) is 0 Å². The van der Waals surface area contributed by atoms with Crippen LogP contribution in [0.2, 0.25) is 0 Å². The van der Waals surface area contributed by atoms with E-state index in [1.807, 2.05) is 36.4 Å². The van der Waals surface area contributed by atoms with E-state index in [2.05, 4.69) is 27.7 Å². The van der Waals surface area contributed by atoms with Crippen molar-refractivity contribution in [2.75, 3.05) is 7.11 Å². The maximum atomic E-state index is 12.1. The van der Waals surface area contributed by atoms with Gasteiger partial charge in [-0.05, 0) is 71.3 Å². The second kappa shape index (κ2) is 6.48. The van der Waals surface area contributed by atoms with E-state index in [9.17, 15) is 4.79 Å². The van der Waals surface area contributed by atoms with Gasteiger partial charge in [-0.25, -0.2) is 4.79 Å². The Morgan fingerprint density at radius 2 is 2.00 bits per heavy atom. The predicted octanol–water partition coefficient (Wildman–Crippen LogP) is 3.81. The number of rotatable bonds is 3. The second-order valence-electron chi connectivity index (χ2n) is 4.92. The molecular weight excluding hydrogens is 393 g/mol. The van der Waals surface area contributed by atoms with Crippen LogP contribution in [0.15, 0.2) is 47.6 Å². The molecule has 0 unspecified atom stereocenters. The topological polar surface area (TPSA) is 47.9 Å². The van der Waals surface area contributed by atoms with Crippen molar-refractivity contribution in [1.82, 2.24) is 0 Å². The fraction of sp³-hybridized carbons (Fsp3) is 0.176. The van der Waals surface area contributed by atoms with Gasteiger partial charge in [0.15, 0.2) is 0 Å². The normalized spacial score (nSPS) is 14.7. The summed E-state index contributed by atoms with van der Waals surface area (Å²) in [6.45, 7) is 0. The van der Waals surface area contributed by atoms with Crippen molar-refractivity contribution in [1.29, 1.82) is 0 Å². The summed E-state index contributed by atoms with van der Waals surface area (Å²) in [6.07, 6.45) is 1.65. The molecule has 0 radical (unpaired) electrons. The van der Waals surface area contributed by atoms with Crippen molar-refractivity contribution < 1.29 is 14.4 Å². The van der Waals surface area contributed by atoms with Gasteiger partial charge < -0.3 is 9.57 Å². The number of ether oxygens (including phenoxy) is 1. The molecule has 1 aliphatic rings. The number of methoxy groups -OCH3 is 1. The van der Waals surface area contributed by atoms with Crippen molar-refractivity contribution >= 4 is 34.3 Å². The maximum absolute atomic E-state index is 12.1. The third-order valence-corrected chi connectivity index (χ3v) is 4.53. The standard InChI is InChI=1S/C17H14INO3/c1-21-12-7-8-13-11(10-12)6-9-16(13)19-22-17(20)14-4-2-3-5-15(14)18/h2-5,7-8,10H,6,9H2,1H3. The van der Waals surface area contributed by atoms with E-state index in [1.165, 1.54) is 5.56 Å². The van der Waals surface area contributed by atoms with E-state index >= 15 is 0 Å². The van der Waals surface area contributed by atoms with Crippen LogP contribution in [0.4, 0.5) is 0 Å². The quantitative estimate of drug-likeness (QED) is 0.442. The monoisotopic (exact) mass is 407 g/mol. The van der Waals surface area contributed by atoms with Crippen LogP contribution in [0.5, 0.6) is 5.75 Å². The fourth-order valence-corrected chi connectivity index (χ4v) is 3.05. The molecule has 0 N–H and O–H groups in total. The Morgan fingerprint density at radius 1 is 1.18 bits per heavy atom. The Hall–Kier alpha value is -1.89. The van der Waals surface area contributed by atoms with Crippen LogP contribution in [-0.4, -0.2) is 18.8 Å². The van der Waals surface area contributed by atoms with Crippen LogP contribution in [0.1, 0.15) is 27.9 Å². The Balaban J connectivity index is 1.79. The van der Waals surface area contributed by atoms with E-state index < -0.39 is 5.97 Å². The van der Waals surface area contributed by atoms with Crippen LogP contribution in [0, 0.1) is 3.57 Å². The largest absolute Gasteiger partial charge is 0.497 e. The molecule has 0 spiro atoms. The number of carbonyl (C=O) groups is 1. The average molecular weight is 407 g/mol. The Bertz CT molecular complexity index is 755. The summed E-state index contributed by atoms with van der Waals surface area (Å²) in [5, 5.41) is 4.06. The van der Waals surface area contributed by atoms with E-state index in [4.69, 9.17) is 9.57 Å². The van der Waals surface area contributed by atoms with Crippen molar-refractivity contribution in [2.24, 2.45) is 5.16 Å². The van der Waals surface area contributed by atoms with Crippen LogP contribution in [0.25, 0.3) is 0 Å². The van der Waals surface area contributed by atoms with Gasteiger partial charge in [0.1, 0.15) is 5.75 Å². The van der Waals surface area contributed by atoms with E-state index in [0.717, 1.165) is 33.4 Å². The zero-order valence-corrected chi connectivity index (χ0v) is 14.2. The zero-order valence-electron chi connectivity index (χ0n) is 12.0. The minimum absolute atomic E-state index is 0.431. The molecule has 0 fully saturated rings. The highest BCUT2D eigenvalue weighted by molar-refractivity contribution is 14.1. The summed E-state index contributed by atoms with van der Waals surface area (Å²) < 4.78 is 6.07. The summed E-state index contributed by atoms with van der Waals surface area (Å²) in [5.74, 6) is 0.398. The summed E-state index contributed by atoms with van der Waals surface area (Å²) in [6, 6.07) is 13.1. The lowest BCUT2D eigenvalue weighted by Crippen LogP contribution is -2.05. The molecule has 0 heterocycles. The first-order chi connectivity index (χ1) is 10.7. The lowest BCUT2D eigenvalue weighted by Gasteiger charge is -2.04. The van der Waals surface area contributed by atoms with Gasteiger partial charge in [0, 0.05) is 9.13 Å². The van der Waals surface area contributed by atoms with Crippen LogP contribution < -0.4 is 4.74 Å². The van der Waals surface area contributed by atoms with Gasteiger partial charge in [-0.1, -0.05) is 17.3 Å². The first-order valence-corrected chi connectivity index (χ1v) is 7.97. The molecule has 0 atom stereocenters. The molecular formula is C17H14INO3. The number of oxime groups is 1. The first kappa shape index (κ1) is 15.0. The SMILES string of the molecule is COc1ccc2c(c1)CCC2=NOC(=O)c1ccccc1I. The smallest absolute Gasteiger partial charge is 0.366 e. The molecule has 0 saturated heterocycles. The van der Waals surface area contributed by atoms with Crippen LogP contribution in [-0.2, 0) is 11.3 Å². The number of halogens is 1. The van der Waals surface area contributed by atoms with E-state index in [1.54, 1.807) is 13.2 Å². The highest BCUT2D eigenvalue weighted by Gasteiger charge is 2.20. The first-order valence-electron chi connectivity index (χ1n) is 6.89. The van der Waals surface area contributed by atoms with Crippen LogP contribution >= 0.6 is 22.6 Å². The molecule has 22 heavy (non-hydrogen) atoms. The molecule has 0 aromatic heterocycles. The molecule has 3 rings (SSSR count). The lowest BCUT2D eigenvalue weighted by molar-refractivity contribution is 0.0514. The minimum atomic E-state index is -0.431. The van der Waals surface area contributed by atoms with E-state index in [0.29, 0.717) is 5.56 Å². The zero-order chi connectivity index (χ0) is 15.5. The molecule has 4 nitrogen and oxygen atoms in total.